The van der Waals surface area contributed by atoms with Crippen molar-refractivity contribution >= 4 is 28.1 Å². The third-order valence-electron chi connectivity index (χ3n) is 4.47. The highest BCUT2D eigenvalue weighted by Gasteiger charge is 2.13. The molecule has 2 aromatic heterocycles. The van der Waals surface area contributed by atoms with Gasteiger partial charge in [0.25, 0.3) is 0 Å². The molecule has 2 heterocycles. The number of anilines is 1. The summed E-state index contributed by atoms with van der Waals surface area (Å²) in [7, 11) is 0. The summed E-state index contributed by atoms with van der Waals surface area (Å²) in [5.74, 6) is -0.804. The molecule has 0 radical (unpaired) electrons. The molecule has 146 valence electrons. The van der Waals surface area contributed by atoms with Crippen LogP contribution < -0.4 is 5.32 Å². The molecule has 2 aromatic carbocycles. The number of aromatic carboxylic acids is 1. The minimum atomic E-state index is -0.997. The molecule has 30 heavy (non-hydrogen) atoms. The van der Waals surface area contributed by atoms with E-state index in [1.807, 2.05) is 43.3 Å². The molecule has 0 unspecified atom stereocenters. The Morgan fingerprint density at radius 1 is 1.20 bits per heavy atom. The van der Waals surface area contributed by atoms with E-state index in [2.05, 4.69) is 30.9 Å². The minimum absolute atomic E-state index is 0.193. The number of benzene rings is 2. The molecule has 0 aliphatic rings. The van der Waals surface area contributed by atoms with Crippen LogP contribution in [0.3, 0.4) is 0 Å². The van der Waals surface area contributed by atoms with E-state index in [-0.39, 0.29) is 17.0 Å². The Labute approximate surface area is 170 Å². The number of nitrogens with zero attached hydrogens (tertiary/aromatic N) is 5. The monoisotopic (exact) mass is 397 g/mol. The van der Waals surface area contributed by atoms with Gasteiger partial charge >= 0.3 is 5.97 Å². The number of fused-ring (bicyclic) bond motifs is 1. The molecule has 0 atom stereocenters. The number of aromatic amines is 1. The van der Waals surface area contributed by atoms with Gasteiger partial charge < -0.3 is 10.4 Å². The molecule has 3 N–H and O–H groups in total. The average molecular weight is 397 g/mol. The van der Waals surface area contributed by atoms with E-state index in [0.717, 1.165) is 16.8 Å². The highest BCUT2D eigenvalue weighted by molar-refractivity contribution is 6.04. The van der Waals surface area contributed by atoms with Crippen LogP contribution in [-0.2, 0) is 0 Å². The average Bonchev–Trinajstić information content (AvgIpc) is 3.28. The van der Waals surface area contributed by atoms with Gasteiger partial charge in [0.2, 0.25) is 5.82 Å². The van der Waals surface area contributed by atoms with Crippen molar-refractivity contribution in [3.8, 4) is 17.3 Å². The fraction of sp³-hybridized carbons (Fsp3) is 0.0476. The maximum Gasteiger partial charge on any atom is 0.336 e. The number of carboxylic acid groups (broad SMARTS) is 1. The second-order valence-corrected chi connectivity index (χ2v) is 6.51. The number of allylic oxidation sites excluding steroid dienone is 1. The van der Waals surface area contributed by atoms with Crippen molar-refractivity contribution in [2.75, 3.05) is 5.32 Å². The highest BCUT2D eigenvalue weighted by atomic mass is 16.4. The number of aromatic nitrogens is 5. The maximum absolute atomic E-state index is 11.8. The van der Waals surface area contributed by atoms with Crippen molar-refractivity contribution in [1.82, 2.24) is 25.6 Å². The number of hydrogen-bond acceptors (Lipinski definition) is 7. The molecule has 9 nitrogen and oxygen atoms in total. The van der Waals surface area contributed by atoms with Gasteiger partial charge in [-0.1, -0.05) is 23.8 Å². The molecule has 9 heteroatoms. The SMILES string of the molecule is Cc1ccc2nc(-c3ccc(NC=C(C#N)c4nn[nH]n4)cc3)cc(C(=O)O)c2c1. The van der Waals surface area contributed by atoms with Crippen molar-refractivity contribution < 1.29 is 9.90 Å². The summed E-state index contributed by atoms with van der Waals surface area (Å²) in [6.45, 7) is 1.91. The zero-order valence-corrected chi connectivity index (χ0v) is 15.8. The Kier molecular flexibility index (Phi) is 4.88. The minimum Gasteiger partial charge on any atom is -0.478 e. The first kappa shape index (κ1) is 18.8. The van der Waals surface area contributed by atoms with Gasteiger partial charge in [-0.15, -0.1) is 10.2 Å². The lowest BCUT2D eigenvalue weighted by Crippen LogP contribution is -2.00. The highest BCUT2D eigenvalue weighted by Crippen LogP contribution is 2.27. The first-order chi connectivity index (χ1) is 14.5. The standard InChI is InChI=1S/C21H15N7O2/c1-12-2-7-18-16(8-12)17(21(29)30)9-19(24-18)13-3-5-15(6-4-13)23-11-14(10-22)20-25-27-28-26-20/h2-9,11,23H,1H3,(H,29,30)(H,25,26,27,28). The van der Waals surface area contributed by atoms with Crippen LogP contribution >= 0.6 is 0 Å². The van der Waals surface area contributed by atoms with Gasteiger partial charge in [-0.3, -0.25) is 0 Å². The largest absolute Gasteiger partial charge is 0.478 e. The number of hydrogen-bond donors (Lipinski definition) is 3. The number of nitrogens with one attached hydrogen (secondary N) is 2. The Morgan fingerprint density at radius 2 is 2.00 bits per heavy atom. The third-order valence-corrected chi connectivity index (χ3v) is 4.47. The lowest BCUT2D eigenvalue weighted by atomic mass is 10.0. The summed E-state index contributed by atoms with van der Waals surface area (Å²) in [6, 6.07) is 16.4. The van der Waals surface area contributed by atoms with E-state index >= 15 is 0 Å². The molecule has 4 aromatic rings. The van der Waals surface area contributed by atoms with Crippen molar-refractivity contribution in [2.24, 2.45) is 0 Å². The Morgan fingerprint density at radius 3 is 2.67 bits per heavy atom. The summed E-state index contributed by atoms with van der Waals surface area (Å²) in [6.07, 6.45) is 1.49. The number of nitriles is 1. The number of carboxylic acids is 1. The first-order valence-electron chi connectivity index (χ1n) is 8.91. The predicted octanol–water partition coefficient (Wildman–Crippen LogP) is 3.40. The predicted molar refractivity (Wildman–Crippen MR) is 110 cm³/mol. The van der Waals surface area contributed by atoms with Gasteiger partial charge in [0.05, 0.1) is 16.8 Å². The van der Waals surface area contributed by atoms with E-state index in [1.54, 1.807) is 18.2 Å². The van der Waals surface area contributed by atoms with E-state index in [1.165, 1.54) is 6.20 Å². The fourth-order valence-corrected chi connectivity index (χ4v) is 2.98. The lowest BCUT2D eigenvalue weighted by Gasteiger charge is -2.09. The van der Waals surface area contributed by atoms with Crippen molar-refractivity contribution in [2.45, 2.75) is 6.92 Å². The molecule has 0 bridgehead atoms. The van der Waals surface area contributed by atoms with Crippen LogP contribution in [0.1, 0.15) is 21.7 Å². The maximum atomic E-state index is 11.8. The van der Waals surface area contributed by atoms with Crippen molar-refractivity contribution in [3.05, 3.63) is 71.7 Å². The van der Waals surface area contributed by atoms with Gasteiger partial charge in [0.1, 0.15) is 11.6 Å². The zero-order chi connectivity index (χ0) is 21.1. The molecule has 0 spiro atoms. The van der Waals surface area contributed by atoms with Crippen LogP contribution in [0.2, 0.25) is 0 Å². The van der Waals surface area contributed by atoms with Crippen molar-refractivity contribution in [1.29, 1.82) is 5.26 Å². The van der Waals surface area contributed by atoms with E-state index in [9.17, 15) is 15.2 Å². The van der Waals surface area contributed by atoms with Crippen LogP contribution in [0.15, 0.2) is 54.7 Å². The van der Waals surface area contributed by atoms with Crippen LogP contribution in [0.4, 0.5) is 5.69 Å². The quantitative estimate of drug-likeness (QED) is 0.435. The van der Waals surface area contributed by atoms with Crippen LogP contribution in [0.25, 0.3) is 27.7 Å². The molecule has 0 amide bonds. The number of tetrazole rings is 1. The Balaban J connectivity index is 1.64. The molecule has 0 aliphatic heterocycles. The molecule has 0 aliphatic carbocycles. The van der Waals surface area contributed by atoms with Crippen LogP contribution in [0, 0.1) is 18.3 Å². The summed E-state index contributed by atoms with van der Waals surface area (Å²) in [5.41, 5.74) is 4.10. The van der Waals surface area contributed by atoms with Gasteiger partial charge in [-0.2, -0.15) is 10.5 Å². The smallest absolute Gasteiger partial charge is 0.336 e. The molecule has 4 rings (SSSR count). The van der Waals surface area contributed by atoms with E-state index in [0.29, 0.717) is 16.6 Å². The van der Waals surface area contributed by atoms with Gasteiger partial charge in [0.15, 0.2) is 0 Å². The Hall–Kier alpha value is -4.58. The number of H-pyrrole nitrogens is 1. The van der Waals surface area contributed by atoms with Crippen LogP contribution in [0.5, 0.6) is 0 Å². The van der Waals surface area contributed by atoms with Gasteiger partial charge in [-0.05, 0) is 42.5 Å². The second-order valence-electron chi connectivity index (χ2n) is 6.51. The number of aryl methyl sites for hydroxylation is 1. The molecular formula is C21H15N7O2. The number of rotatable bonds is 5. The normalized spacial score (nSPS) is 11.3. The third kappa shape index (κ3) is 3.70. The summed E-state index contributed by atoms with van der Waals surface area (Å²) < 4.78 is 0. The molecule has 0 fully saturated rings. The zero-order valence-electron chi connectivity index (χ0n) is 15.8. The van der Waals surface area contributed by atoms with E-state index < -0.39 is 5.97 Å². The topological polar surface area (TPSA) is 140 Å². The molecule has 0 saturated heterocycles. The number of pyridine rings is 1. The Bertz CT molecular complexity index is 1300. The van der Waals surface area contributed by atoms with Crippen molar-refractivity contribution in [3.63, 3.8) is 0 Å². The van der Waals surface area contributed by atoms with Crippen LogP contribution in [-0.4, -0.2) is 36.7 Å². The summed E-state index contributed by atoms with van der Waals surface area (Å²) in [5, 5.41) is 35.7. The second kappa shape index (κ2) is 7.81. The molecular weight excluding hydrogens is 382 g/mol. The molecule has 0 saturated carbocycles. The van der Waals surface area contributed by atoms with Gasteiger partial charge in [0, 0.05) is 22.8 Å². The summed E-state index contributed by atoms with van der Waals surface area (Å²) >= 11 is 0. The lowest BCUT2D eigenvalue weighted by molar-refractivity contribution is 0.0699. The van der Waals surface area contributed by atoms with E-state index in [4.69, 9.17) is 0 Å². The first-order valence-corrected chi connectivity index (χ1v) is 8.91. The number of carbonyl (C=O) groups is 1. The fourth-order valence-electron chi connectivity index (χ4n) is 2.98. The van der Waals surface area contributed by atoms with Gasteiger partial charge in [-0.25, -0.2) is 9.78 Å². The summed E-state index contributed by atoms with van der Waals surface area (Å²) in [4.78, 5) is 16.4.